The van der Waals surface area contributed by atoms with Crippen molar-refractivity contribution in [3.8, 4) is 0 Å². The van der Waals surface area contributed by atoms with E-state index in [-0.39, 0.29) is 37.6 Å². The van der Waals surface area contributed by atoms with Gasteiger partial charge in [-0.25, -0.2) is 0 Å². The number of aliphatic carboxylic acids is 1. The highest BCUT2D eigenvalue weighted by molar-refractivity contribution is 5.82. The lowest BCUT2D eigenvalue weighted by atomic mass is 10.4. The van der Waals surface area contributed by atoms with E-state index in [1.165, 1.54) is 0 Å². The molecule has 0 unspecified atom stereocenters. The van der Waals surface area contributed by atoms with Gasteiger partial charge >= 0.3 is 5.97 Å². The lowest BCUT2D eigenvalue weighted by Crippen LogP contribution is -3.00. The molecule has 0 aromatic rings. The minimum Gasteiger partial charge on any atom is -1.00 e. The van der Waals surface area contributed by atoms with Crippen LogP contribution in [0.5, 0.6) is 0 Å². The van der Waals surface area contributed by atoms with Gasteiger partial charge in [-0.15, -0.1) is 0 Å². The summed E-state index contributed by atoms with van der Waals surface area (Å²) in [4.78, 5) is 20.2. The first-order chi connectivity index (χ1) is 4.16. The minimum absolute atomic E-state index is 0. The van der Waals surface area contributed by atoms with Gasteiger partial charge in [0.25, 0.3) is 0 Å². The molecule has 0 atom stereocenters. The zero-order valence-corrected chi connectivity index (χ0v) is 6.23. The first-order valence-electron chi connectivity index (χ1n) is 2.69. The molecule has 0 aliphatic rings. The van der Waals surface area contributed by atoms with E-state index in [1.54, 1.807) is 0 Å². The number of hydrogen-bond donors (Lipinski definition) is 2. The van der Waals surface area contributed by atoms with E-state index in [0.29, 0.717) is 0 Å². The summed E-state index contributed by atoms with van der Waals surface area (Å²) in [6.07, 6.45) is 0.0349. The number of rotatable bonds is 4. The number of hydrogen-bond acceptors (Lipinski definition) is 2. The standard InChI is InChI=1S/C5H9NO3.ClH/c6-3-4(7)1-2-5(8)9;/h1-3,6H2,(H,8,9);1H/i4+1,6+1;. The zero-order chi connectivity index (χ0) is 7.28. The fourth-order valence-corrected chi connectivity index (χ4v) is 0.371. The Balaban J connectivity index is 0. The van der Waals surface area contributed by atoms with Gasteiger partial charge in [-0.1, -0.05) is 0 Å². The minimum atomic E-state index is -0.934. The number of quaternary nitrogens is 1. The second kappa shape index (κ2) is 6.51. The highest BCUT2D eigenvalue weighted by atomic mass is 35.5. The van der Waals surface area contributed by atoms with Gasteiger partial charge in [0.05, 0.1) is 6.42 Å². The molecule has 0 fully saturated rings. The van der Waals surface area contributed by atoms with E-state index >= 15 is 0 Å². The van der Waals surface area contributed by atoms with E-state index in [2.05, 4.69) is 5.73 Å². The van der Waals surface area contributed by atoms with E-state index in [9.17, 15) is 9.59 Å². The quantitative estimate of drug-likeness (QED) is 0.330. The molecule has 0 heterocycles. The van der Waals surface area contributed by atoms with Gasteiger partial charge < -0.3 is 23.2 Å². The Bertz CT molecular complexity index is 126. The van der Waals surface area contributed by atoms with Crippen molar-refractivity contribution in [2.24, 2.45) is 0 Å². The molecule has 0 rings (SSSR count). The van der Waals surface area contributed by atoms with Crippen LogP contribution in [-0.2, 0) is 9.59 Å². The fraction of sp³-hybridized carbons (Fsp3) is 0.600. The Hall–Kier alpha value is -0.610. The number of halogens is 1. The summed E-state index contributed by atoms with van der Waals surface area (Å²) >= 11 is 0. The zero-order valence-electron chi connectivity index (χ0n) is 5.47. The number of carbonyl (C=O) groups is 2. The molecule has 0 amide bonds. The Kier molecular flexibility index (Phi) is 7.88. The van der Waals surface area contributed by atoms with Crippen molar-refractivity contribution in [3.63, 3.8) is 0 Å². The largest absolute Gasteiger partial charge is 1.00 e. The maximum atomic E-state index is 10.4. The summed E-state index contributed by atoms with van der Waals surface area (Å²) in [6, 6.07) is 0. The van der Waals surface area contributed by atoms with Crippen LogP contribution in [0.25, 0.3) is 0 Å². The average Bonchev–Trinajstić information content (AvgIpc) is 1.83. The van der Waals surface area contributed by atoms with Gasteiger partial charge in [-0.3, -0.25) is 9.59 Å². The van der Waals surface area contributed by atoms with Crippen LogP contribution < -0.4 is 18.1 Å². The molecule has 0 aliphatic carbocycles. The molecule has 0 bridgehead atoms. The van der Waals surface area contributed by atoms with E-state index in [1.807, 2.05) is 0 Å². The third kappa shape index (κ3) is 7.39. The smallest absolute Gasteiger partial charge is 0.303 e. The van der Waals surface area contributed by atoms with E-state index in [4.69, 9.17) is 5.11 Å². The predicted molar refractivity (Wildman–Crippen MR) is 29.6 cm³/mol. The highest BCUT2D eigenvalue weighted by Gasteiger charge is 2.03. The summed E-state index contributed by atoms with van der Waals surface area (Å²) in [5.74, 6) is -1.03. The first-order valence-corrected chi connectivity index (χ1v) is 2.69. The van der Waals surface area contributed by atoms with Crippen molar-refractivity contribution in [1.29, 1.82) is 0 Å². The molecule has 0 spiro atoms. The van der Waals surface area contributed by atoms with Crippen LogP contribution in [-0.4, -0.2) is 23.4 Å². The lowest BCUT2D eigenvalue weighted by Gasteiger charge is -1.88. The molecular formula is C5H10ClNO3. The number of Topliss-reactive ketones (excluding diaryl/α,β-unsaturated/α-hetero) is 1. The monoisotopic (exact) mass is 169 g/mol. The summed E-state index contributed by atoms with van der Waals surface area (Å²) < 4.78 is 0. The van der Waals surface area contributed by atoms with E-state index < -0.39 is 5.97 Å². The molecule has 4 N–H and O–H groups in total. The molecule has 5 heteroatoms. The molecule has 0 aliphatic heterocycles. The van der Waals surface area contributed by atoms with Crippen molar-refractivity contribution >= 4 is 11.8 Å². The van der Waals surface area contributed by atoms with Crippen LogP contribution in [0.3, 0.4) is 0 Å². The van der Waals surface area contributed by atoms with Crippen molar-refractivity contribution in [2.45, 2.75) is 12.8 Å². The Morgan fingerprint density at radius 2 is 1.80 bits per heavy atom. The molecule has 0 saturated heterocycles. The van der Waals surface area contributed by atoms with Crippen molar-refractivity contribution in [2.75, 3.05) is 6.54 Å². The lowest BCUT2D eigenvalue weighted by molar-refractivity contribution is -0.354. The molecule has 4 nitrogen and oxygen atoms in total. The first kappa shape index (κ1) is 12.1. The topological polar surface area (TPSA) is 82.0 Å². The van der Waals surface area contributed by atoms with Crippen LogP contribution in [0.2, 0.25) is 0 Å². The number of carboxylic acid groups (broad SMARTS) is 1. The Morgan fingerprint density at radius 3 is 2.10 bits per heavy atom. The average molecular weight is 170 g/mol. The van der Waals surface area contributed by atoms with Crippen molar-refractivity contribution in [3.05, 3.63) is 0 Å². The van der Waals surface area contributed by atoms with Gasteiger partial charge in [-0.2, -0.15) is 0 Å². The molecular weight excluding hydrogens is 159 g/mol. The SMILES string of the molecule is [15NH3+]C[13C](=O)CCC(=O)O.[Cl-]. The number of carboxylic acids is 1. The molecule has 0 aromatic heterocycles. The van der Waals surface area contributed by atoms with Crippen LogP contribution in [0.4, 0.5) is 0 Å². The highest BCUT2D eigenvalue weighted by Crippen LogP contribution is 1.87. The third-order valence-electron chi connectivity index (χ3n) is 0.897. The second-order valence-electron chi connectivity index (χ2n) is 1.68. The van der Waals surface area contributed by atoms with Crippen LogP contribution in [0.1, 0.15) is 12.8 Å². The van der Waals surface area contributed by atoms with Crippen molar-refractivity contribution < 1.29 is 32.8 Å². The maximum absolute atomic E-state index is 10.4. The van der Waals surface area contributed by atoms with Crippen LogP contribution in [0.15, 0.2) is 0 Å². The Labute approximate surface area is 64.8 Å². The predicted octanol–water partition coefficient (Wildman–Crippen LogP) is -4.33. The number of ketones is 1. The summed E-state index contributed by atoms with van der Waals surface area (Å²) in [6.45, 7) is 0.188. The summed E-state index contributed by atoms with van der Waals surface area (Å²) in [7, 11) is 0. The van der Waals surface area contributed by atoms with Crippen LogP contribution >= 0.6 is 0 Å². The summed E-state index contributed by atoms with van der Waals surface area (Å²) in [5.41, 5.74) is 3.32. The maximum Gasteiger partial charge on any atom is 0.303 e. The van der Waals surface area contributed by atoms with Gasteiger partial charge in [0, 0.05) is 6.42 Å². The fourth-order valence-electron chi connectivity index (χ4n) is 0.371. The van der Waals surface area contributed by atoms with Gasteiger partial charge in [-0.05, 0) is 0 Å². The van der Waals surface area contributed by atoms with Crippen molar-refractivity contribution in [1.82, 2.24) is 0 Å². The van der Waals surface area contributed by atoms with E-state index in [0.717, 1.165) is 0 Å². The molecule has 10 heavy (non-hydrogen) atoms. The van der Waals surface area contributed by atoms with Gasteiger partial charge in [0.2, 0.25) is 0 Å². The Morgan fingerprint density at radius 1 is 1.30 bits per heavy atom. The summed E-state index contributed by atoms with van der Waals surface area (Å²) in [5, 5.41) is 8.09. The molecule has 0 radical (unpaired) electrons. The second-order valence-corrected chi connectivity index (χ2v) is 1.68. The third-order valence-corrected chi connectivity index (χ3v) is 0.897. The normalized spacial score (nSPS) is 8.10. The molecule has 0 saturated carbocycles. The number of carbonyl (C=O) groups excluding carboxylic acids is 1. The van der Waals surface area contributed by atoms with Crippen LogP contribution in [0, 0.1) is 0 Å². The molecule has 60 valence electrons. The van der Waals surface area contributed by atoms with Gasteiger partial charge in [0.15, 0.2) is 5.78 Å². The van der Waals surface area contributed by atoms with Gasteiger partial charge in [0.1, 0.15) is 6.54 Å². The molecule has 0 aromatic carbocycles.